The number of phenols is 1. The second-order valence-electron chi connectivity index (χ2n) is 2.23. The Labute approximate surface area is 66.1 Å². The molecular formula is C7H7O3P. The number of aromatic hydroxyl groups is 1. The Hall–Kier alpha value is -0.950. The minimum atomic E-state index is 0.208. The van der Waals surface area contributed by atoms with Crippen molar-refractivity contribution in [3.63, 3.8) is 0 Å². The van der Waals surface area contributed by atoms with Gasteiger partial charge in [0.2, 0.25) is 6.79 Å². The van der Waals surface area contributed by atoms with E-state index in [-0.39, 0.29) is 12.5 Å². The molecule has 1 aliphatic rings. The number of hydrogen-bond acceptors (Lipinski definition) is 3. The van der Waals surface area contributed by atoms with Crippen LogP contribution in [0.25, 0.3) is 0 Å². The quantitative estimate of drug-likeness (QED) is 0.580. The van der Waals surface area contributed by atoms with E-state index in [1.54, 1.807) is 12.1 Å². The Morgan fingerprint density at radius 1 is 1.36 bits per heavy atom. The van der Waals surface area contributed by atoms with Crippen molar-refractivity contribution < 1.29 is 14.6 Å². The number of ether oxygens (including phenoxy) is 2. The van der Waals surface area contributed by atoms with Crippen LogP contribution in [0.2, 0.25) is 0 Å². The van der Waals surface area contributed by atoms with Crippen LogP contribution in [0.1, 0.15) is 0 Å². The Kier molecular flexibility index (Phi) is 1.40. The largest absolute Gasteiger partial charge is 0.507 e. The van der Waals surface area contributed by atoms with Gasteiger partial charge in [0.15, 0.2) is 11.5 Å². The summed E-state index contributed by atoms with van der Waals surface area (Å²) in [5, 5.41) is 9.88. The maximum absolute atomic E-state index is 9.23. The van der Waals surface area contributed by atoms with Crippen molar-refractivity contribution in [3.05, 3.63) is 12.1 Å². The highest BCUT2D eigenvalue weighted by molar-refractivity contribution is 7.28. The van der Waals surface area contributed by atoms with E-state index in [4.69, 9.17) is 9.47 Å². The van der Waals surface area contributed by atoms with Crippen LogP contribution in [0, 0.1) is 0 Å². The van der Waals surface area contributed by atoms with Crippen molar-refractivity contribution in [2.75, 3.05) is 6.79 Å². The molecule has 1 unspecified atom stereocenters. The Bertz CT molecular complexity index is 298. The minimum absolute atomic E-state index is 0.208. The molecule has 4 heteroatoms. The van der Waals surface area contributed by atoms with E-state index < -0.39 is 0 Å². The number of phenolic OH excluding ortho intramolecular Hbond substituents is 1. The highest BCUT2D eigenvalue weighted by atomic mass is 31.0. The van der Waals surface area contributed by atoms with Crippen molar-refractivity contribution in [3.8, 4) is 17.2 Å². The molecule has 58 valence electrons. The molecule has 1 N–H and O–H groups in total. The molecule has 0 radical (unpaired) electrons. The molecule has 1 aromatic rings. The van der Waals surface area contributed by atoms with Gasteiger partial charge in [-0.25, -0.2) is 0 Å². The molecule has 2 rings (SSSR count). The summed E-state index contributed by atoms with van der Waals surface area (Å²) in [6, 6.07) is 3.26. The molecule has 0 saturated heterocycles. The molecule has 1 aliphatic heterocycles. The molecule has 11 heavy (non-hydrogen) atoms. The summed E-state index contributed by atoms with van der Waals surface area (Å²) in [5.74, 6) is 1.52. The molecule has 0 bridgehead atoms. The lowest BCUT2D eigenvalue weighted by Gasteiger charge is -2.01. The van der Waals surface area contributed by atoms with Crippen LogP contribution in [0.15, 0.2) is 12.1 Å². The van der Waals surface area contributed by atoms with Crippen molar-refractivity contribution in [1.82, 2.24) is 0 Å². The van der Waals surface area contributed by atoms with Gasteiger partial charge in [-0.15, -0.1) is 0 Å². The normalized spacial score (nSPS) is 13.5. The van der Waals surface area contributed by atoms with Crippen LogP contribution in [0.3, 0.4) is 0 Å². The third-order valence-corrected chi connectivity index (χ3v) is 2.11. The van der Waals surface area contributed by atoms with Gasteiger partial charge in [0.25, 0.3) is 0 Å². The average molecular weight is 170 g/mol. The zero-order valence-corrected chi connectivity index (χ0v) is 6.86. The Morgan fingerprint density at radius 3 is 3.00 bits per heavy atom. The highest BCUT2D eigenvalue weighted by Crippen LogP contribution is 2.34. The Morgan fingerprint density at radius 2 is 2.18 bits per heavy atom. The fraction of sp³-hybridized carbons (Fsp3) is 0.143. The van der Waals surface area contributed by atoms with Crippen LogP contribution in [-0.2, 0) is 0 Å². The molecule has 0 saturated carbocycles. The van der Waals surface area contributed by atoms with Gasteiger partial charge >= 0.3 is 0 Å². The predicted octanol–water partition coefficient (Wildman–Crippen LogP) is 0.621. The third-order valence-electron chi connectivity index (χ3n) is 1.55. The van der Waals surface area contributed by atoms with Crippen LogP contribution in [-0.4, -0.2) is 11.9 Å². The standard InChI is InChI=1S/C7H7O3P/c8-4-1-2-5-6(7(4)11)10-3-9-5/h1-2,8H,3,11H2. The second-order valence-corrected chi connectivity index (χ2v) is 2.81. The molecule has 0 fully saturated rings. The zero-order chi connectivity index (χ0) is 7.84. The first-order chi connectivity index (χ1) is 5.29. The van der Waals surface area contributed by atoms with Gasteiger partial charge in [-0.3, -0.25) is 0 Å². The van der Waals surface area contributed by atoms with Gasteiger partial charge in [-0.2, -0.15) is 0 Å². The molecular weight excluding hydrogens is 163 g/mol. The maximum atomic E-state index is 9.23. The van der Waals surface area contributed by atoms with E-state index in [1.807, 2.05) is 0 Å². The lowest BCUT2D eigenvalue weighted by atomic mass is 10.3. The van der Waals surface area contributed by atoms with E-state index in [2.05, 4.69) is 9.24 Å². The van der Waals surface area contributed by atoms with Gasteiger partial charge in [0.05, 0.1) is 5.30 Å². The smallest absolute Gasteiger partial charge is 0.231 e. The third kappa shape index (κ3) is 0.925. The summed E-state index contributed by atoms with van der Waals surface area (Å²) in [7, 11) is 2.41. The van der Waals surface area contributed by atoms with E-state index in [9.17, 15) is 5.11 Å². The number of hydrogen-bond donors (Lipinski definition) is 1. The summed E-state index contributed by atoms with van der Waals surface area (Å²) >= 11 is 0. The summed E-state index contributed by atoms with van der Waals surface area (Å²) in [5.41, 5.74) is 0. The van der Waals surface area contributed by atoms with Crippen LogP contribution < -0.4 is 14.8 Å². The van der Waals surface area contributed by atoms with Gasteiger partial charge in [-0.05, 0) is 12.1 Å². The van der Waals surface area contributed by atoms with Gasteiger partial charge in [-0.1, -0.05) is 9.24 Å². The lowest BCUT2D eigenvalue weighted by molar-refractivity contribution is 0.174. The van der Waals surface area contributed by atoms with Crippen molar-refractivity contribution in [2.24, 2.45) is 0 Å². The highest BCUT2D eigenvalue weighted by Gasteiger charge is 2.17. The zero-order valence-electron chi connectivity index (χ0n) is 5.70. The minimum Gasteiger partial charge on any atom is -0.507 e. The fourth-order valence-electron chi connectivity index (χ4n) is 0.984. The molecule has 0 amide bonds. The van der Waals surface area contributed by atoms with E-state index >= 15 is 0 Å². The topological polar surface area (TPSA) is 38.7 Å². The summed E-state index contributed by atoms with van der Waals surface area (Å²) < 4.78 is 10.2. The molecule has 3 nitrogen and oxygen atoms in total. The fourth-order valence-corrected chi connectivity index (χ4v) is 1.31. The van der Waals surface area contributed by atoms with Crippen LogP contribution in [0.5, 0.6) is 17.2 Å². The van der Waals surface area contributed by atoms with Crippen LogP contribution in [0.4, 0.5) is 0 Å². The lowest BCUT2D eigenvalue weighted by Crippen LogP contribution is -1.97. The van der Waals surface area contributed by atoms with E-state index in [1.165, 1.54) is 0 Å². The first kappa shape index (κ1) is 6.74. The number of rotatable bonds is 0. The van der Waals surface area contributed by atoms with Gasteiger partial charge in [0, 0.05) is 0 Å². The van der Waals surface area contributed by atoms with E-state index in [0.29, 0.717) is 16.8 Å². The molecule has 0 spiro atoms. The van der Waals surface area contributed by atoms with Crippen LogP contribution >= 0.6 is 9.24 Å². The van der Waals surface area contributed by atoms with E-state index in [0.717, 1.165) is 0 Å². The van der Waals surface area contributed by atoms with Crippen molar-refractivity contribution >= 4 is 14.5 Å². The SMILES string of the molecule is Oc1ccc2c(c1P)OCO2. The van der Waals surface area contributed by atoms with Gasteiger partial charge < -0.3 is 14.6 Å². The average Bonchev–Trinajstić information content (AvgIpc) is 2.45. The van der Waals surface area contributed by atoms with Crippen molar-refractivity contribution in [2.45, 2.75) is 0 Å². The van der Waals surface area contributed by atoms with Crippen molar-refractivity contribution in [1.29, 1.82) is 0 Å². The number of benzene rings is 1. The van der Waals surface area contributed by atoms with Gasteiger partial charge in [0.1, 0.15) is 5.75 Å². The first-order valence-electron chi connectivity index (χ1n) is 3.16. The molecule has 0 aliphatic carbocycles. The summed E-state index contributed by atoms with van der Waals surface area (Å²) in [4.78, 5) is 0. The molecule has 1 heterocycles. The monoisotopic (exact) mass is 170 g/mol. The number of fused-ring (bicyclic) bond motifs is 1. The summed E-state index contributed by atoms with van der Waals surface area (Å²) in [6.45, 7) is 0.236. The molecule has 0 aromatic heterocycles. The first-order valence-corrected chi connectivity index (χ1v) is 3.74. The predicted molar refractivity (Wildman–Crippen MR) is 43.6 cm³/mol. The summed E-state index contributed by atoms with van der Waals surface area (Å²) in [6.07, 6.45) is 0. The maximum Gasteiger partial charge on any atom is 0.231 e. The second kappa shape index (κ2) is 2.28. The molecule has 1 atom stereocenters. The molecule has 1 aromatic carbocycles. The Balaban J connectivity index is 2.62.